The third kappa shape index (κ3) is 3.19. The average molecular weight is 227 g/mol. The van der Waals surface area contributed by atoms with Gasteiger partial charge in [-0.1, -0.05) is 0 Å². The van der Waals surface area contributed by atoms with Crippen molar-refractivity contribution in [2.75, 3.05) is 19.8 Å². The zero-order valence-corrected chi connectivity index (χ0v) is 10.4. The Labute approximate surface area is 98.7 Å². The summed E-state index contributed by atoms with van der Waals surface area (Å²) in [5, 5.41) is 0. The molecule has 0 amide bonds. The zero-order chi connectivity index (χ0) is 11.4. The number of nitrogens with two attached hydrogens (primary N) is 1. The van der Waals surface area contributed by atoms with Crippen LogP contribution in [-0.2, 0) is 9.47 Å². The Morgan fingerprint density at radius 2 is 2.06 bits per heavy atom. The lowest BCUT2D eigenvalue weighted by molar-refractivity contribution is -0.147. The molecule has 0 aromatic rings. The molecule has 2 unspecified atom stereocenters. The largest absolute Gasteiger partial charge is 0.381 e. The molecule has 2 fully saturated rings. The van der Waals surface area contributed by atoms with Crippen LogP contribution in [0.2, 0.25) is 0 Å². The van der Waals surface area contributed by atoms with E-state index in [4.69, 9.17) is 15.2 Å². The van der Waals surface area contributed by atoms with Crippen LogP contribution in [0, 0.1) is 5.92 Å². The van der Waals surface area contributed by atoms with Crippen molar-refractivity contribution in [2.24, 2.45) is 11.7 Å². The van der Waals surface area contributed by atoms with Crippen LogP contribution in [0.1, 0.15) is 45.4 Å². The molecule has 2 N–H and O–H groups in total. The number of ether oxygens (including phenoxy) is 2. The van der Waals surface area contributed by atoms with E-state index in [0.29, 0.717) is 6.04 Å². The van der Waals surface area contributed by atoms with Gasteiger partial charge in [-0.2, -0.15) is 0 Å². The van der Waals surface area contributed by atoms with Gasteiger partial charge in [0.15, 0.2) is 0 Å². The predicted octanol–water partition coefficient (Wildman–Crippen LogP) is 2.09. The molecule has 0 aromatic carbocycles. The van der Waals surface area contributed by atoms with Gasteiger partial charge >= 0.3 is 0 Å². The highest BCUT2D eigenvalue weighted by molar-refractivity contribution is 4.89. The van der Waals surface area contributed by atoms with Gasteiger partial charge in [-0.05, 0) is 51.4 Å². The monoisotopic (exact) mass is 227 g/mol. The summed E-state index contributed by atoms with van der Waals surface area (Å²) >= 11 is 0. The van der Waals surface area contributed by atoms with Crippen molar-refractivity contribution in [1.29, 1.82) is 0 Å². The molecule has 0 saturated carbocycles. The molecule has 3 heteroatoms. The van der Waals surface area contributed by atoms with E-state index < -0.39 is 0 Å². The van der Waals surface area contributed by atoms with E-state index in [1.54, 1.807) is 0 Å². The first-order valence-electron chi connectivity index (χ1n) is 6.67. The van der Waals surface area contributed by atoms with Gasteiger partial charge in [0.05, 0.1) is 5.60 Å². The van der Waals surface area contributed by atoms with Crippen molar-refractivity contribution in [3.8, 4) is 0 Å². The summed E-state index contributed by atoms with van der Waals surface area (Å²) in [5.41, 5.74) is 5.98. The van der Waals surface area contributed by atoms with Gasteiger partial charge in [0.2, 0.25) is 0 Å². The van der Waals surface area contributed by atoms with E-state index >= 15 is 0 Å². The SMILES string of the molecule is CC(N)CCC1CCOC2(CCOCC2)C1. The summed E-state index contributed by atoms with van der Waals surface area (Å²) in [4.78, 5) is 0. The summed E-state index contributed by atoms with van der Waals surface area (Å²) in [6.45, 7) is 4.78. The fourth-order valence-electron chi connectivity index (χ4n) is 2.97. The summed E-state index contributed by atoms with van der Waals surface area (Å²) < 4.78 is 11.5. The molecule has 2 saturated heterocycles. The molecule has 0 aliphatic carbocycles. The lowest BCUT2D eigenvalue weighted by Gasteiger charge is -2.43. The first-order chi connectivity index (χ1) is 7.70. The minimum atomic E-state index is 0.152. The summed E-state index contributed by atoms with van der Waals surface area (Å²) in [7, 11) is 0. The van der Waals surface area contributed by atoms with E-state index in [2.05, 4.69) is 6.92 Å². The standard InChI is InChI=1S/C13H25NO2/c1-11(14)2-3-12-4-7-16-13(10-12)5-8-15-9-6-13/h11-12H,2-10,14H2,1H3. The quantitative estimate of drug-likeness (QED) is 0.803. The van der Waals surface area contributed by atoms with Crippen LogP contribution in [-0.4, -0.2) is 31.5 Å². The molecule has 2 aliphatic heterocycles. The van der Waals surface area contributed by atoms with Crippen LogP contribution in [0.25, 0.3) is 0 Å². The highest BCUT2D eigenvalue weighted by Crippen LogP contribution is 2.38. The normalized spacial score (nSPS) is 31.5. The minimum Gasteiger partial charge on any atom is -0.381 e. The minimum absolute atomic E-state index is 0.152. The second-order valence-electron chi connectivity index (χ2n) is 5.56. The van der Waals surface area contributed by atoms with E-state index in [1.807, 2.05) is 0 Å². The molecular formula is C13H25NO2. The van der Waals surface area contributed by atoms with Crippen molar-refractivity contribution in [1.82, 2.24) is 0 Å². The molecule has 2 atom stereocenters. The summed E-state index contributed by atoms with van der Waals surface area (Å²) in [6, 6.07) is 0.341. The van der Waals surface area contributed by atoms with Gasteiger partial charge in [0, 0.05) is 25.9 Å². The number of hydrogen-bond acceptors (Lipinski definition) is 3. The smallest absolute Gasteiger partial charge is 0.0729 e. The van der Waals surface area contributed by atoms with Crippen LogP contribution >= 0.6 is 0 Å². The molecule has 0 aromatic heterocycles. The van der Waals surface area contributed by atoms with Crippen molar-refractivity contribution in [3.63, 3.8) is 0 Å². The van der Waals surface area contributed by atoms with Crippen molar-refractivity contribution in [3.05, 3.63) is 0 Å². The van der Waals surface area contributed by atoms with E-state index in [9.17, 15) is 0 Å². The molecule has 2 rings (SSSR count). The summed E-state index contributed by atoms with van der Waals surface area (Å²) in [6.07, 6.45) is 7.03. The van der Waals surface area contributed by atoms with E-state index in [1.165, 1.54) is 19.3 Å². The van der Waals surface area contributed by atoms with Gasteiger partial charge in [-0.3, -0.25) is 0 Å². The van der Waals surface area contributed by atoms with Crippen molar-refractivity contribution in [2.45, 2.75) is 57.1 Å². The first kappa shape index (κ1) is 12.3. The molecule has 1 spiro atoms. The van der Waals surface area contributed by atoms with Crippen LogP contribution in [0.3, 0.4) is 0 Å². The lowest BCUT2D eigenvalue weighted by Crippen LogP contribution is -2.44. The molecule has 0 radical (unpaired) electrons. The molecule has 94 valence electrons. The number of hydrogen-bond donors (Lipinski definition) is 1. The highest BCUT2D eigenvalue weighted by atomic mass is 16.5. The highest BCUT2D eigenvalue weighted by Gasteiger charge is 2.38. The fraction of sp³-hybridized carbons (Fsp3) is 1.00. The van der Waals surface area contributed by atoms with Gasteiger partial charge in [-0.25, -0.2) is 0 Å². The maximum atomic E-state index is 6.03. The second-order valence-corrected chi connectivity index (χ2v) is 5.56. The third-order valence-corrected chi connectivity index (χ3v) is 4.03. The Kier molecular flexibility index (Phi) is 4.22. The van der Waals surface area contributed by atoms with Crippen LogP contribution in [0.4, 0.5) is 0 Å². The first-order valence-corrected chi connectivity index (χ1v) is 6.67. The topological polar surface area (TPSA) is 44.5 Å². The lowest BCUT2D eigenvalue weighted by atomic mass is 9.79. The van der Waals surface area contributed by atoms with Gasteiger partial charge < -0.3 is 15.2 Å². The Bertz CT molecular complexity index is 206. The van der Waals surface area contributed by atoms with Gasteiger partial charge in [-0.15, -0.1) is 0 Å². The van der Waals surface area contributed by atoms with Gasteiger partial charge in [0.25, 0.3) is 0 Å². The predicted molar refractivity (Wildman–Crippen MR) is 64.3 cm³/mol. The van der Waals surface area contributed by atoms with E-state index in [0.717, 1.165) is 45.0 Å². The third-order valence-electron chi connectivity index (χ3n) is 4.03. The Morgan fingerprint density at radius 3 is 2.75 bits per heavy atom. The maximum absolute atomic E-state index is 6.03. The van der Waals surface area contributed by atoms with Crippen molar-refractivity contribution < 1.29 is 9.47 Å². The molecular weight excluding hydrogens is 202 g/mol. The maximum Gasteiger partial charge on any atom is 0.0729 e. The van der Waals surface area contributed by atoms with Crippen molar-refractivity contribution >= 4 is 0 Å². The number of rotatable bonds is 3. The Balaban J connectivity index is 1.83. The summed E-state index contributed by atoms with van der Waals surface area (Å²) in [5.74, 6) is 0.817. The second kappa shape index (κ2) is 5.48. The molecule has 3 nitrogen and oxygen atoms in total. The molecule has 2 heterocycles. The Hall–Kier alpha value is -0.120. The van der Waals surface area contributed by atoms with E-state index in [-0.39, 0.29) is 5.60 Å². The van der Waals surface area contributed by atoms with Crippen LogP contribution in [0.15, 0.2) is 0 Å². The molecule has 16 heavy (non-hydrogen) atoms. The average Bonchev–Trinajstić information content (AvgIpc) is 2.28. The molecule has 0 bridgehead atoms. The van der Waals surface area contributed by atoms with Gasteiger partial charge in [0.1, 0.15) is 0 Å². The molecule has 2 aliphatic rings. The van der Waals surface area contributed by atoms with Crippen LogP contribution in [0.5, 0.6) is 0 Å². The zero-order valence-electron chi connectivity index (χ0n) is 10.4. The van der Waals surface area contributed by atoms with Crippen LogP contribution < -0.4 is 5.73 Å². The fourth-order valence-corrected chi connectivity index (χ4v) is 2.97. The Morgan fingerprint density at radius 1 is 1.31 bits per heavy atom.